The Morgan fingerprint density at radius 1 is 1.09 bits per heavy atom. The summed E-state index contributed by atoms with van der Waals surface area (Å²) in [5, 5.41) is 6.35. The molecule has 4 heteroatoms. The van der Waals surface area contributed by atoms with Crippen LogP contribution in [0.2, 0.25) is 0 Å². The van der Waals surface area contributed by atoms with Gasteiger partial charge in [0.15, 0.2) is 0 Å². The molecule has 1 fully saturated rings. The number of amides is 1. The van der Waals surface area contributed by atoms with Crippen molar-refractivity contribution in [3.05, 3.63) is 24.3 Å². The van der Waals surface area contributed by atoms with E-state index in [-0.39, 0.29) is 0 Å². The number of benzene rings is 1. The summed E-state index contributed by atoms with van der Waals surface area (Å²) in [4.78, 5) is 12.0. The maximum Gasteiger partial charge on any atom is 0.412 e. The Labute approximate surface area is 140 Å². The summed E-state index contributed by atoms with van der Waals surface area (Å²) in [6.07, 6.45) is 7.60. The molecule has 128 valence electrons. The van der Waals surface area contributed by atoms with Crippen molar-refractivity contribution in [2.24, 2.45) is 5.92 Å². The van der Waals surface area contributed by atoms with E-state index in [4.69, 9.17) is 4.74 Å². The van der Waals surface area contributed by atoms with E-state index in [2.05, 4.69) is 10.6 Å². The predicted octanol–water partition coefficient (Wildman–Crippen LogP) is 5.42. The minimum atomic E-state index is -0.493. The smallest absolute Gasteiger partial charge is 0.412 e. The van der Waals surface area contributed by atoms with Crippen LogP contribution in [-0.2, 0) is 4.74 Å². The molecule has 2 rings (SSSR count). The number of ether oxygens (including phenoxy) is 1. The van der Waals surface area contributed by atoms with Gasteiger partial charge in [-0.05, 0) is 51.7 Å². The summed E-state index contributed by atoms with van der Waals surface area (Å²) in [5.41, 5.74) is 1.24. The minimum Gasteiger partial charge on any atom is -0.444 e. The van der Waals surface area contributed by atoms with E-state index in [0.29, 0.717) is 0 Å². The number of hydrogen-bond donors (Lipinski definition) is 2. The summed E-state index contributed by atoms with van der Waals surface area (Å²) >= 11 is 0. The average molecular weight is 318 g/mol. The van der Waals surface area contributed by atoms with Crippen molar-refractivity contribution in [2.75, 3.05) is 17.2 Å². The Kier molecular flexibility index (Phi) is 6.31. The second-order valence-electron chi connectivity index (χ2n) is 7.41. The van der Waals surface area contributed by atoms with Crippen LogP contribution in [0.4, 0.5) is 16.2 Å². The van der Waals surface area contributed by atoms with Gasteiger partial charge in [0.05, 0.1) is 11.4 Å². The number of nitrogens with one attached hydrogen (secondary N) is 2. The zero-order chi connectivity index (χ0) is 16.7. The van der Waals surface area contributed by atoms with Gasteiger partial charge >= 0.3 is 6.09 Å². The molecule has 0 bridgehead atoms. The average Bonchev–Trinajstić information content (AvgIpc) is 2.73. The summed E-state index contributed by atoms with van der Waals surface area (Å²) in [7, 11) is 0. The molecule has 0 radical (unpaired) electrons. The Bertz CT molecular complexity index is 500. The van der Waals surface area contributed by atoms with Gasteiger partial charge in [-0.2, -0.15) is 0 Å². The van der Waals surface area contributed by atoms with Gasteiger partial charge in [-0.15, -0.1) is 0 Å². The van der Waals surface area contributed by atoms with E-state index in [1.165, 1.54) is 38.5 Å². The van der Waals surface area contributed by atoms with Gasteiger partial charge in [0.2, 0.25) is 0 Å². The molecule has 0 aromatic heterocycles. The first-order chi connectivity index (χ1) is 10.9. The van der Waals surface area contributed by atoms with Gasteiger partial charge in [0, 0.05) is 6.54 Å². The molecule has 0 heterocycles. The molecule has 2 N–H and O–H groups in total. The van der Waals surface area contributed by atoms with Gasteiger partial charge < -0.3 is 10.1 Å². The molecule has 0 spiro atoms. The zero-order valence-electron chi connectivity index (χ0n) is 14.7. The fourth-order valence-electron chi connectivity index (χ4n) is 2.98. The van der Waals surface area contributed by atoms with Crippen LogP contribution >= 0.6 is 0 Å². The van der Waals surface area contributed by atoms with Crippen LogP contribution in [0.3, 0.4) is 0 Å². The largest absolute Gasteiger partial charge is 0.444 e. The van der Waals surface area contributed by atoms with E-state index in [1.54, 1.807) is 0 Å². The third-order valence-electron chi connectivity index (χ3n) is 4.12. The number of para-hydroxylation sites is 2. The van der Waals surface area contributed by atoms with Gasteiger partial charge in [-0.25, -0.2) is 4.79 Å². The number of rotatable bonds is 4. The number of carbonyl (C=O) groups is 1. The highest BCUT2D eigenvalue weighted by molar-refractivity contribution is 5.89. The number of hydrogen-bond acceptors (Lipinski definition) is 3. The van der Waals surface area contributed by atoms with E-state index in [0.717, 1.165) is 23.8 Å². The fraction of sp³-hybridized carbons (Fsp3) is 0.632. The highest BCUT2D eigenvalue weighted by Gasteiger charge is 2.17. The predicted molar refractivity (Wildman–Crippen MR) is 96.0 cm³/mol. The van der Waals surface area contributed by atoms with Crippen molar-refractivity contribution in [1.82, 2.24) is 0 Å². The van der Waals surface area contributed by atoms with Gasteiger partial charge in [-0.3, -0.25) is 5.32 Å². The third-order valence-corrected chi connectivity index (χ3v) is 4.12. The molecule has 4 nitrogen and oxygen atoms in total. The maximum atomic E-state index is 12.0. The Morgan fingerprint density at radius 2 is 1.70 bits per heavy atom. The summed E-state index contributed by atoms with van der Waals surface area (Å²) in [5.74, 6) is 0.729. The SMILES string of the molecule is CC(C)(C)OC(=O)Nc1ccccc1NCC1CCCCCC1. The molecule has 1 aliphatic rings. The number of carbonyl (C=O) groups excluding carboxylic acids is 1. The molecule has 23 heavy (non-hydrogen) atoms. The molecule has 0 aliphatic heterocycles. The van der Waals surface area contributed by atoms with E-state index >= 15 is 0 Å². The molecule has 1 amide bonds. The molecular weight excluding hydrogens is 288 g/mol. The lowest BCUT2D eigenvalue weighted by atomic mass is 10.0. The molecule has 1 aliphatic carbocycles. The summed E-state index contributed by atoms with van der Waals surface area (Å²) in [6.45, 7) is 6.56. The van der Waals surface area contributed by atoms with Crippen LogP contribution in [0.5, 0.6) is 0 Å². The van der Waals surface area contributed by atoms with Gasteiger partial charge in [0.25, 0.3) is 0 Å². The van der Waals surface area contributed by atoms with Crippen LogP contribution in [0, 0.1) is 5.92 Å². The molecular formula is C19H30N2O2. The fourth-order valence-corrected chi connectivity index (χ4v) is 2.98. The highest BCUT2D eigenvalue weighted by Crippen LogP contribution is 2.26. The zero-order valence-corrected chi connectivity index (χ0v) is 14.7. The maximum absolute atomic E-state index is 12.0. The second kappa shape index (κ2) is 8.23. The highest BCUT2D eigenvalue weighted by atomic mass is 16.6. The Hall–Kier alpha value is -1.71. The van der Waals surface area contributed by atoms with Crippen molar-refractivity contribution in [1.29, 1.82) is 0 Å². The van der Waals surface area contributed by atoms with Gasteiger partial charge in [0.1, 0.15) is 5.60 Å². The standard InChI is InChI=1S/C19H30N2O2/c1-19(2,3)23-18(22)21-17-13-9-8-12-16(17)20-14-15-10-6-4-5-7-11-15/h8-9,12-13,15,20H,4-7,10-11,14H2,1-3H3,(H,21,22). The molecule has 0 unspecified atom stereocenters. The van der Waals surface area contributed by atoms with Crippen molar-refractivity contribution in [3.63, 3.8) is 0 Å². The minimum absolute atomic E-state index is 0.416. The lowest BCUT2D eigenvalue weighted by Crippen LogP contribution is -2.27. The topological polar surface area (TPSA) is 50.4 Å². The van der Waals surface area contributed by atoms with Crippen molar-refractivity contribution in [3.8, 4) is 0 Å². The quantitative estimate of drug-likeness (QED) is 0.729. The van der Waals surface area contributed by atoms with E-state index in [1.807, 2.05) is 45.0 Å². The first-order valence-electron chi connectivity index (χ1n) is 8.77. The molecule has 1 aromatic rings. The molecule has 0 atom stereocenters. The summed E-state index contributed by atoms with van der Waals surface area (Å²) in [6, 6.07) is 7.81. The first kappa shape index (κ1) is 17.6. The Morgan fingerprint density at radius 3 is 2.30 bits per heavy atom. The van der Waals surface area contributed by atoms with Crippen LogP contribution < -0.4 is 10.6 Å². The lowest BCUT2D eigenvalue weighted by Gasteiger charge is -2.21. The van der Waals surface area contributed by atoms with Crippen molar-refractivity contribution in [2.45, 2.75) is 64.9 Å². The van der Waals surface area contributed by atoms with Crippen molar-refractivity contribution >= 4 is 17.5 Å². The molecule has 1 saturated carbocycles. The van der Waals surface area contributed by atoms with Crippen LogP contribution in [-0.4, -0.2) is 18.2 Å². The lowest BCUT2D eigenvalue weighted by molar-refractivity contribution is 0.0636. The summed E-state index contributed by atoms with van der Waals surface area (Å²) < 4.78 is 5.33. The molecule has 0 saturated heterocycles. The third kappa shape index (κ3) is 6.51. The van der Waals surface area contributed by atoms with Crippen LogP contribution in [0.25, 0.3) is 0 Å². The van der Waals surface area contributed by atoms with E-state index < -0.39 is 11.7 Å². The van der Waals surface area contributed by atoms with Crippen LogP contribution in [0.1, 0.15) is 59.3 Å². The van der Waals surface area contributed by atoms with E-state index in [9.17, 15) is 4.79 Å². The Balaban J connectivity index is 1.92. The monoisotopic (exact) mass is 318 g/mol. The molecule has 1 aromatic carbocycles. The number of anilines is 2. The van der Waals surface area contributed by atoms with Crippen molar-refractivity contribution < 1.29 is 9.53 Å². The normalized spacial score (nSPS) is 16.5. The first-order valence-corrected chi connectivity index (χ1v) is 8.77. The second-order valence-corrected chi connectivity index (χ2v) is 7.41. The van der Waals surface area contributed by atoms with Gasteiger partial charge in [-0.1, -0.05) is 37.8 Å². The van der Waals surface area contributed by atoms with Crippen LogP contribution in [0.15, 0.2) is 24.3 Å².